The van der Waals surface area contributed by atoms with E-state index < -0.39 is 0 Å². The predicted molar refractivity (Wildman–Crippen MR) is 61.7 cm³/mol. The van der Waals surface area contributed by atoms with Gasteiger partial charge in [-0.15, -0.1) is 0 Å². The van der Waals surface area contributed by atoms with Crippen LogP contribution in [0, 0.1) is 0 Å². The van der Waals surface area contributed by atoms with Crippen LogP contribution in [0.1, 0.15) is 0 Å². The van der Waals surface area contributed by atoms with Crippen LogP contribution in [0.5, 0.6) is 0 Å². The molecule has 0 aliphatic carbocycles. The number of rotatable bonds is 1. The number of para-hydroxylation sites is 2. The van der Waals surface area contributed by atoms with Crippen molar-refractivity contribution in [2.75, 3.05) is 0 Å². The molecule has 0 bridgehead atoms. The number of H-pyrrole nitrogens is 1. The van der Waals surface area contributed by atoms with Crippen molar-refractivity contribution in [3.63, 3.8) is 0 Å². The Morgan fingerprint density at radius 2 is 2.00 bits per heavy atom. The van der Waals surface area contributed by atoms with Crippen molar-refractivity contribution in [3.8, 4) is 5.69 Å². The number of imidazole rings is 1. The molecule has 1 N–H and O–H groups in total. The van der Waals surface area contributed by atoms with Crippen LogP contribution < -0.4 is 5.69 Å². The number of aromatic nitrogens is 3. The molecular weight excluding hydrogens is 202 g/mol. The third kappa shape index (κ3) is 1.24. The van der Waals surface area contributed by atoms with Gasteiger partial charge in [0.05, 0.1) is 22.9 Å². The molecule has 0 amide bonds. The van der Waals surface area contributed by atoms with Crippen molar-refractivity contribution in [3.05, 3.63) is 59.3 Å². The van der Waals surface area contributed by atoms with Crippen molar-refractivity contribution in [1.29, 1.82) is 0 Å². The van der Waals surface area contributed by atoms with Crippen molar-refractivity contribution < 1.29 is 0 Å². The summed E-state index contributed by atoms with van der Waals surface area (Å²) in [5, 5.41) is 0. The van der Waals surface area contributed by atoms with Crippen LogP contribution in [-0.2, 0) is 0 Å². The second-order valence-corrected chi connectivity index (χ2v) is 3.49. The van der Waals surface area contributed by atoms with Crippen LogP contribution in [0.25, 0.3) is 16.7 Å². The van der Waals surface area contributed by atoms with Gasteiger partial charge in [-0.3, -0.25) is 9.55 Å². The first-order chi connectivity index (χ1) is 7.86. The van der Waals surface area contributed by atoms with Gasteiger partial charge in [-0.2, -0.15) is 0 Å². The molecule has 0 fully saturated rings. The van der Waals surface area contributed by atoms with Gasteiger partial charge in [-0.1, -0.05) is 12.1 Å². The van der Waals surface area contributed by atoms with Crippen molar-refractivity contribution in [2.24, 2.45) is 0 Å². The standard InChI is InChI=1S/C12H9N3O/c16-12-14-10-5-1-2-6-11(10)15(12)9-4-3-7-13-8-9/h1-8H,(H,14,16). The third-order valence-electron chi connectivity index (χ3n) is 2.49. The van der Waals surface area contributed by atoms with Crippen LogP contribution in [0.15, 0.2) is 53.6 Å². The third-order valence-corrected chi connectivity index (χ3v) is 2.49. The van der Waals surface area contributed by atoms with Crippen LogP contribution in [0.2, 0.25) is 0 Å². The lowest BCUT2D eigenvalue weighted by molar-refractivity contribution is 1.00. The SMILES string of the molecule is O=c1[nH]c2ccccc2n1-c1cccnc1. The van der Waals surface area contributed by atoms with Gasteiger partial charge in [-0.05, 0) is 24.3 Å². The topological polar surface area (TPSA) is 50.7 Å². The minimum atomic E-state index is -0.144. The number of benzene rings is 1. The Hall–Kier alpha value is -2.36. The van der Waals surface area contributed by atoms with E-state index >= 15 is 0 Å². The molecule has 0 saturated carbocycles. The van der Waals surface area contributed by atoms with Gasteiger partial charge in [-0.25, -0.2) is 4.79 Å². The van der Waals surface area contributed by atoms with Gasteiger partial charge in [0, 0.05) is 6.20 Å². The van der Waals surface area contributed by atoms with Gasteiger partial charge in [0.1, 0.15) is 0 Å². The van der Waals surface area contributed by atoms with Crippen LogP contribution in [-0.4, -0.2) is 14.5 Å². The molecule has 3 rings (SSSR count). The van der Waals surface area contributed by atoms with Crippen LogP contribution in [0.4, 0.5) is 0 Å². The summed E-state index contributed by atoms with van der Waals surface area (Å²) in [5.74, 6) is 0. The molecule has 0 atom stereocenters. The Kier molecular flexibility index (Phi) is 1.86. The molecule has 0 aliphatic heterocycles. The number of hydrogen-bond donors (Lipinski definition) is 1. The molecule has 4 heteroatoms. The zero-order chi connectivity index (χ0) is 11.0. The molecule has 78 valence electrons. The maximum Gasteiger partial charge on any atom is 0.331 e. The van der Waals surface area contributed by atoms with E-state index in [1.807, 2.05) is 36.4 Å². The summed E-state index contributed by atoms with van der Waals surface area (Å²) in [4.78, 5) is 18.6. The molecule has 4 nitrogen and oxygen atoms in total. The minimum absolute atomic E-state index is 0.144. The average molecular weight is 211 g/mol. The smallest absolute Gasteiger partial charge is 0.305 e. The minimum Gasteiger partial charge on any atom is -0.305 e. The highest BCUT2D eigenvalue weighted by molar-refractivity contribution is 5.76. The summed E-state index contributed by atoms with van der Waals surface area (Å²) in [5.41, 5.74) is 2.32. The first kappa shape index (κ1) is 8.91. The maximum atomic E-state index is 11.8. The molecule has 1 aromatic carbocycles. The van der Waals surface area contributed by atoms with Gasteiger partial charge >= 0.3 is 5.69 Å². The summed E-state index contributed by atoms with van der Waals surface area (Å²) in [6.07, 6.45) is 3.35. The predicted octanol–water partition coefficient (Wildman–Crippen LogP) is 1.71. The first-order valence-corrected chi connectivity index (χ1v) is 4.96. The molecule has 0 unspecified atom stereocenters. The second kappa shape index (κ2) is 3.34. The van der Waals surface area contributed by atoms with E-state index in [0.29, 0.717) is 0 Å². The molecule has 0 aliphatic rings. The van der Waals surface area contributed by atoms with E-state index in [1.54, 1.807) is 17.0 Å². The number of nitrogens with one attached hydrogen (secondary N) is 1. The lowest BCUT2D eigenvalue weighted by Crippen LogP contribution is -2.14. The molecule has 2 heterocycles. The summed E-state index contributed by atoms with van der Waals surface area (Å²) in [7, 11) is 0. The molecule has 0 radical (unpaired) electrons. The Labute approximate surface area is 91.2 Å². The Morgan fingerprint density at radius 3 is 2.81 bits per heavy atom. The van der Waals surface area contributed by atoms with E-state index in [9.17, 15) is 4.79 Å². The number of nitrogens with zero attached hydrogens (tertiary/aromatic N) is 2. The van der Waals surface area contributed by atoms with E-state index in [4.69, 9.17) is 0 Å². The van der Waals surface area contributed by atoms with Crippen LogP contribution >= 0.6 is 0 Å². The zero-order valence-electron chi connectivity index (χ0n) is 8.42. The van der Waals surface area contributed by atoms with Gasteiger partial charge in [0.25, 0.3) is 0 Å². The molecule has 3 aromatic rings. The average Bonchev–Trinajstić information content (AvgIpc) is 2.66. The molecule has 2 aromatic heterocycles. The van der Waals surface area contributed by atoms with E-state index in [2.05, 4.69) is 9.97 Å². The van der Waals surface area contributed by atoms with E-state index in [1.165, 1.54) is 0 Å². The number of hydrogen-bond acceptors (Lipinski definition) is 2. The highest BCUT2D eigenvalue weighted by Gasteiger charge is 2.06. The molecule has 0 saturated heterocycles. The summed E-state index contributed by atoms with van der Waals surface area (Å²) in [6.45, 7) is 0. The Bertz CT molecular complexity index is 682. The van der Waals surface area contributed by atoms with Gasteiger partial charge in [0.2, 0.25) is 0 Å². The van der Waals surface area contributed by atoms with Gasteiger partial charge in [0.15, 0.2) is 0 Å². The van der Waals surface area contributed by atoms with E-state index in [0.717, 1.165) is 16.7 Å². The number of pyridine rings is 1. The zero-order valence-corrected chi connectivity index (χ0v) is 8.42. The van der Waals surface area contributed by atoms with Crippen molar-refractivity contribution >= 4 is 11.0 Å². The summed E-state index contributed by atoms with van der Waals surface area (Å²) >= 11 is 0. The van der Waals surface area contributed by atoms with E-state index in [-0.39, 0.29) is 5.69 Å². The lowest BCUT2D eigenvalue weighted by atomic mass is 10.3. The fraction of sp³-hybridized carbons (Fsp3) is 0. The van der Waals surface area contributed by atoms with Crippen LogP contribution in [0.3, 0.4) is 0 Å². The molecular formula is C12H9N3O. The maximum absolute atomic E-state index is 11.8. The quantitative estimate of drug-likeness (QED) is 0.666. The van der Waals surface area contributed by atoms with Crippen molar-refractivity contribution in [1.82, 2.24) is 14.5 Å². The summed E-state index contributed by atoms with van der Waals surface area (Å²) in [6, 6.07) is 11.2. The lowest BCUT2D eigenvalue weighted by Gasteiger charge is -2.01. The second-order valence-electron chi connectivity index (χ2n) is 3.49. The number of aromatic amines is 1. The van der Waals surface area contributed by atoms with Crippen molar-refractivity contribution in [2.45, 2.75) is 0 Å². The van der Waals surface area contributed by atoms with Gasteiger partial charge < -0.3 is 4.98 Å². The largest absolute Gasteiger partial charge is 0.331 e. The Morgan fingerprint density at radius 1 is 1.12 bits per heavy atom. The fourth-order valence-electron chi connectivity index (χ4n) is 1.80. The first-order valence-electron chi connectivity index (χ1n) is 4.96. The summed E-state index contributed by atoms with van der Waals surface area (Å²) < 4.78 is 1.61. The number of fused-ring (bicyclic) bond motifs is 1. The highest BCUT2D eigenvalue weighted by Crippen LogP contribution is 2.13. The Balaban J connectivity index is 2.40. The monoisotopic (exact) mass is 211 g/mol. The fourth-order valence-corrected chi connectivity index (χ4v) is 1.80. The normalized spacial score (nSPS) is 10.8. The molecule has 16 heavy (non-hydrogen) atoms. The molecule has 0 spiro atoms. The highest BCUT2D eigenvalue weighted by atomic mass is 16.1.